The van der Waals surface area contributed by atoms with Crippen LogP contribution in [0.1, 0.15) is 6.42 Å². The second-order valence-corrected chi connectivity index (χ2v) is 3.37. The van der Waals surface area contributed by atoms with Gasteiger partial charge in [0.1, 0.15) is 0 Å². The monoisotopic (exact) mass is 206 g/mol. The van der Waals surface area contributed by atoms with E-state index in [0.717, 1.165) is 16.6 Å². The van der Waals surface area contributed by atoms with E-state index in [9.17, 15) is 0 Å². The quantitative estimate of drug-likeness (QED) is 0.524. The largest absolute Gasteiger partial charge is 0.479 e. The molecule has 0 aliphatic heterocycles. The fourth-order valence-electron chi connectivity index (χ4n) is 1.48. The van der Waals surface area contributed by atoms with E-state index in [0.29, 0.717) is 18.9 Å². The lowest BCUT2D eigenvalue weighted by molar-refractivity contribution is 0.230. The predicted molar refractivity (Wildman–Crippen MR) is 59.9 cm³/mol. The number of nitrogen functional groups attached to an aromatic ring is 1. The van der Waals surface area contributed by atoms with Gasteiger partial charge in [-0.15, -0.1) is 0 Å². The van der Waals surface area contributed by atoms with E-state index >= 15 is 0 Å². The first-order valence-corrected chi connectivity index (χ1v) is 4.92. The van der Waals surface area contributed by atoms with Gasteiger partial charge in [0.05, 0.1) is 12.1 Å². The molecule has 0 radical (unpaired) electrons. The van der Waals surface area contributed by atoms with Crippen LogP contribution in [0.15, 0.2) is 24.3 Å². The fraction of sp³-hybridized carbons (Fsp3) is 0.273. The number of ether oxygens (including phenoxy) is 1. The van der Waals surface area contributed by atoms with E-state index in [1.54, 1.807) is 0 Å². The molecule has 1 aromatic carbocycles. The summed E-state index contributed by atoms with van der Waals surface area (Å²) in [4.78, 5) is 3.11. The van der Waals surface area contributed by atoms with Crippen molar-refractivity contribution in [3.8, 4) is 5.88 Å². The summed E-state index contributed by atoms with van der Waals surface area (Å²) in [5, 5.41) is 9.59. The summed E-state index contributed by atoms with van der Waals surface area (Å²) in [6.07, 6.45) is 0.630. The van der Waals surface area contributed by atoms with Crippen LogP contribution in [0.5, 0.6) is 5.88 Å². The Balaban J connectivity index is 2.20. The SMILES string of the molecule is Nc1cccc2[nH]c(OCCCO)cc12. The third kappa shape index (κ3) is 2.05. The van der Waals surface area contributed by atoms with Gasteiger partial charge in [-0.1, -0.05) is 6.07 Å². The summed E-state index contributed by atoms with van der Waals surface area (Å²) >= 11 is 0. The van der Waals surface area contributed by atoms with E-state index in [1.807, 2.05) is 24.3 Å². The van der Waals surface area contributed by atoms with Gasteiger partial charge >= 0.3 is 0 Å². The van der Waals surface area contributed by atoms with Crippen LogP contribution >= 0.6 is 0 Å². The Morgan fingerprint density at radius 2 is 2.27 bits per heavy atom. The normalized spacial score (nSPS) is 10.7. The molecular weight excluding hydrogens is 192 g/mol. The maximum Gasteiger partial charge on any atom is 0.191 e. The molecule has 4 N–H and O–H groups in total. The van der Waals surface area contributed by atoms with Crippen molar-refractivity contribution < 1.29 is 9.84 Å². The van der Waals surface area contributed by atoms with Crippen LogP contribution in [-0.2, 0) is 0 Å². The summed E-state index contributed by atoms with van der Waals surface area (Å²) in [6, 6.07) is 7.58. The fourth-order valence-corrected chi connectivity index (χ4v) is 1.48. The van der Waals surface area contributed by atoms with Crippen LogP contribution in [0.25, 0.3) is 10.9 Å². The highest BCUT2D eigenvalue weighted by molar-refractivity contribution is 5.92. The van der Waals surface area contributed by atoms with Crippen molar-refractivity contribution in [2.45, 2.75) is 6.42 Å². The van der Waals surface area contributed by atoms with Gasteiger partial charge in [-0.05, 0) is 12.1 Å². The molecule has 0 bridgehead atoms. The van der Waals surface area contributed by atoms with Gasteiger partial charge in [0.15, 0.2) is 5.88 Å². The number of rotatable bonds is 4. The molecule has 0 atom stereocenters. The van der Waals surface area contributed by atoms with E-state index in [1.165, 1.54) is 0 Å². The van der Waals surface area contributed by atoms with Crippen molar-refractivity contribution in [2.75, 3.05) is 18.9 Å². The van der Waals surface area contributed by atoms with E-state index < -0.39 is 0 Å². The zero-order chi connectivity index (χ0) is 10.7. The molecule has 0 fully saturated rings. The van der Waals surface area contributed by atoms with Gasteiger partial charge in [-0.2, -0.15) is 0 Å². The predicted octanol–water partition coefficient (Wildman–Crippen LogP) is 1.51. The summed E-state index contributed by atoms with van der Waals surface area (Å²) in [5.74, 6) is 0.691. The Morgan fingerprint density at radius 1 is 1.40 bits per heavy atom. The smallest absolute Gasteiger partial charge is 0.191 e. The molecule has 0 aliphatic rings. The van der Waals surface area contributed by atoms with Crippen molar-refractivity contribution in [1.82, 2.24) is 4.98 Å². The lowest BCUT2D eigenvalue weighted by Crippen LogP contribution is -1.99. The number of hydrogen-bond donors (Lipinski definition) is 3. The van der Waals surface area contributed by atoms with Crippen molar-refractivity contribution in [3.63, 3.8) is 0 Å². The number of nitrogens with two attached hydrogens (primary N) is 1. The van der Waals surface area contributed by atoms with Crippen LogP contribution < -0.4 is 10.5 Å². The number of hydrogen-bond acceptors (Lipinski definition) is 3. The minimum absolute atomic E-state index is 0.141. The Kier molecular flexibility index (Phi) is 2.78. The maximum atomic E-state index is 8.62. The van der Waals surface area contributed by atoms with E-state index in [2.05, 4.69) is 4.98 Å². The first-order chi connectivity index (χ1) is 7.31. The Morgan fingerprint density at radius 3 is 3.00 bits per heavy atom. The summed E-state index contributed by atoms with van der Waals surface area (Å²) in [7, 11) is 0. The minimum atomic E-state index is 0.141. The number of nitrogens with one attached hydrogen (secondary N) is 1. The number of fused-ring (bicyclic) bond motifs is 1. The van der Waals surface area contributed by atoms with Gasteiger partial charge in [0, 0.05) is 30.2 Å². The molecule has 2 rings (SSSR count). The number of benzene rings is 1. The third-order valence-corrected chi connectivity index (χ3v) is 2.23. The number of anilines is 1. The van der Waals surface area contributed by atoms with Crippen LogP contribution in [0.3, 0.4) is 0 Å². The number of H-pyrrole nitrogens is 1. The van der Waals surface area contributed by atoms with Gasteiger partial charge in [-0.3, -0.25) is 0 Å². The molecule has 0 amide bonds. The minimum Gasteiger partial charge on any atom is -0.479 e. The summed E-state index contributed by atoms with van der Waals surface area (Å²) in [6.45, 7) is 0.644. The summed E-state index contributed by atoms with van der Waals surface area (Å²) in [5.41, 5.74) is 7.51. The third-order valence-electron chi connectivity index (χ3n) is 2.23. The highest BCUT2D eigenvalue weighted by atomic mass is 16.5. The second-order valence-electron chi connectivity index (χ2n) is 3.37. The molecule has 0 saturated heterocycles. The van der Waals surface area contributed by atoms with E-state index in [4.69, 9.17) is 15.6 Å². The highest BCUT2D eigenvalue weighted by Crippen LogP contribution is 2.25. The van der Waals surface area contributed by atoms with Crippen molar-refractivity contribution >= 4 is 16.6 Å². The topological polar surface area (TPSA) is 71.3 Å². The van der Waals surface area contributed by atoms with Crippen molar-refractivity contribution in [1.29, 1.82) is 0 Å². The van der Waals surface area contributed by atoms with Crippen molar-refractivity contribution in [3.05, 3.63) is 24.3 Å². The molecule has 4 nitrogen and oxygen atoms in total. The maximum absolute atomic E-state index is 8.62. The van der Waals surface area contributed by atoms with Crippen molar-refractivity contribution in [2.24, 2.45) is 0 Å². The molecule has 1 aromatic heterocycles. The lowest BCUT2D eigenvalue weighted by atomic mass is 10.2. The molecule has 0 unspecified atom stereocenters. The first-order valence-electron chi connectivity index (χ1n) is 4.92. The average molecular weight is 206 g/mol. The number of aromatic nitrogens is 1. The second kappa shape index (κ2) is 4.23. The van der Waals surface area contributed by atoms with Crippen LogP contribution in [-0.4, -0.2) is 23.3 Å². The van der Waals surface area contributed by atoms with Gasteiger partial charge in [-0.25, -0.2) is 0 Å². The zero-order valence-electron chi connectivity index (χ0n) is 8.36. The van der Waals surface area contributed by atoms with Gasteiger partial charge in [0.2, 0.25) is 0 Å². The Hall–Kier alpha value is -1.68. The highest BCUT2D eigenvalue weighted by Gasteiger charge is 2.03. The molecule has 1 heterocycles. The molecule has 4 heteroatoms. The van der Waals surface area contributed by atoms with Crippen LogP contribution in [0, 0.1) is 0 Å². The molecular formula is C11H14N2O2. The number of aliphatic hydroxyl groups excluding tert-OH is 1. The Bertz CT molecular complexity index is 451. The van der Waals surface area contributed by atoms with E-state index in [-0.39, 0.29) is 6.61 Å². The number of aromatic amines is 1. The summed E-state index contributed by atoms with van der Waals surface area (Å²) < 4.78 is 5.42. The zero-order valence-corrected chi connectivity index (χ0v) is 8.36. The first kappa shape index (κ1) is 9.86. The lowest BCUT2D eigenvalue weighted by Gasteiger charge is -2.00. The molecule has 15 heavy (non-hydrogen) atoms. The van der Waals surface area contributed by atoms with Gasteiger partial charge < -0.3 is 20.6 Å². The van der Waals surface area contributed by atoms with Gasteiger partial charge in [0.25, 0.3) is 0 Å². The molecule has 0 aliphatic carbocycles. The molecule has 0 saturated carbocycles. The Labute approximate surface area is 87.7 Å². The number of aliphatic hydroxyl groups is 1. The van der Waals surface area contributed by atoms with Crippen LogP contribution in [0.4, 0.5) is 5.69 Å². The van der Waals surface area contributed by atoms with Crippen LogP contribution in [0.2, 0.25) is 0 Å². The average Bonchev–Trinajstić information content (AvgIpc) is 2.63. The molecule has 2 aromatic rings. The molecule has 80 valence electrons. The standard InChI is InChI=1S/C11H14N2O2/c12-9-3-1-4-10-8(9)7-11(13-10)15-6-2-5-14/h1,3-4,7,13-14H,2,5-6,12H2. The molecule has 0 spiro atoms.